The first-order valence-electron chi connectivity index (χ1n) is 7.58. The van der Waals surface area contributed by atoms with Crippen molar-refractivity contribution in [2.75, 3.05) is 13.6 Å². The van der Waals surface area contributed by atoms with Crippen molar-refractivity contribution in [3.8, 4) is 0 Å². The molecule has 1 aliphatic rings. The zero-order valence-electron chi connectivity index (χ0n) is 12.4. The lowest BCUT2D eigenvalue weighted by atomic mass is 9.91. The van der Waals surface area contributed by atoms with Gasteiger partial charge in [0, 0.05) is 28.1 Å². The summed E-state index contributed by atoms with van der Waals surface area (Å²) >= 11 is 9.65. The third kappa shape index (κ3) is 4.67. The molecule has 3 nitrogen and oxygen atoms in total. The quantitative estimate of drug-likeness (QED) is 0.824. The van der Waals surface area contributed by atoms with Gasteiger partial charge in [0.25, 0.3) is 0 Å². The van der Waals surface area contributed by atoms with Crippen molar-refractivity contribution in [2.45, 2.75) is 50.3 Å². The van der Waals surface area contributed by atoms with Crippen molar-refractivity contribution < 1.29 is 5.11 Å². The maximum Gasteiger partial charge on any atom is 0.0695 e. The van der Waals surface area contributed by atoms with E-state index in [0.717, 1.165) is 42.3 Å². The van der Waals surface area contributed by atoms with Crippen LogP contribution < -0.4 is 5.73 Å². The van der Waals surface area contributed by atoms with Gasteiger partial charge in [0.1, 0.15) is 0 Å². The van der Waals surface area contributed by atoms with E-state index in [9.17, 15) is 5.11 Å². The Hall–Kier alpha value is -0.130. The van der Waals surface area contributed by atoms with Crippen LogP contribution in [0.5, 0.6) is 0 Å². The highest BCUT2D eigenvalue weighted by Gasteiger charge is 2.26. The van der Waals surface area contributed by atoms with Crippen LogP contribution in [0.25, 0.3) is 0 Å². The van der Waals surface area contributed by atoms with Crippen molar-refractivity contribution in [2.24, 2.45) is 5.73 Å². The van der Waals surface area contributed by atoms with Gasteiger partial charge < -0.3 is 15.7 Å². The number of nitrogens with zero attached hydrogens (tertiary/aromatic N) is 1. The number of benzene rings is 1. The molecular formula is C16H24BrClN2O. The molecule has 118 valence electrons. The van der Waals surface area contributed by atoms with Crippen molar-refractivity contribution in [3.05, 3.63) is 33.3 Å². The first kappa shape index (κ1) is 17.2. The molecule has 0 heterocycles. The van der Waals surface area contributed by atoms with Crippen molar-refractivity contribution in [3.63, 3.8) is 0 Å². The van der Waals surface area contributed by atoms with Crippen LogP contribution in [0.2, 0.25) is 5.02 Å². The van der Waals surface area contributed by atoms with E-state index in [1.165, 1.54) is 6.42 Å². The fourth-order valence-corrected chi connectivity index (χ4v) is 3.89. The monoisotopic (exact) mass is 374 g/mol. The fraction of sp³-hybridized carbons (Fsp3) is 0.625. The van der Waals surface area contributed by atoms with Gasteiger partial charge in [-0.3, -0.25) is 0 Å². The van der Waals surface area contributed by atoms with E-state index in [1.807, 2.05) is 18.2 Å². The summed E-state index contributed by atoms with van der Waals surface area (Å²) in [7, 11) is 2.08. The van der Waals surface area contributed by atoms with E-state index in [2.05, 4.69) is 27.9 Å². The molecule has 0 aliphatic heterocycles. The van der Waals surface area contributed by atoms with Crippen molar-refractivity contribution >= 4 is 27.5 Å². The summed E-state index contributed by atoms with van der Waals surface area (Å²) in [5, 5.41) is 10.8. The molecule has 1 aliphatic carbocycles. The molecule has 0 spiro atoms. The molecule has 5 heteroatoms. The molecule has 0 amide bonds. The first-order valence-corrected chi connectivity index (χ1v) is 8.75. The van der Waals surface area contributed by atoms with E-state index in [0.29, 0.717) is 5.02 Å². The summed E-state index contributed by atoms with van der Waals surface area (Å²) in [5.74, 6) is 0. The normalized spacial score (nSPS) is 24.3. The second-order valence-electron chi connectivity index (χ2n) is 5.96. The number of aliphatic hydroxyl groups excluding tert-OH is 1. The standard InChI is InChI=1S/C16H24BrClN2O/c1-20(15-4-2-3-5-16(15)21)9-8-14(19)12-7-6-11(17)10-13(12)18/h6-7,10,14-16,21H,2-5,8-9,19H2,1H3. The molecule has 0 radical (unpaired) electrons. The largest absolute Gasteiger partial charge is 0.391 e. The van der Waals surface area contributed by atoms with Crippen molar-refractivity contribution in [1.29, 1.82) is 0 Å². The molecule has 3 unspecified atom stereocenters. The van der Waals surface area contributed by atoms with Crippen LogP contribution in [0.15, 0.2) is 22.7 Å². The van der Waals surface area contributed by atoms with Crippen LogP contribution in [-0.4, -0.2) is 35.7 Å². The molecule has 0 bridgehead atoms. The van der Waals surface area contributed by atoms with Crippen LogP contribution in [0.1, 0.15) is 43.7 Å². The Labute approximate surface area is 140 Å². The summed E-state index contributed by atoms with van der Waals surface area (Å²) in [6.45, 7) is 0.870. The molecule has 0 aromatic heterocycles. The Kier molecular flexibility index (Phi) is 6.51. The number of halogens is 2. The van der Waals surface area contributed by atoms with Crippen LogP contribution in [0, 0.1) is 0 Å². The Balaban J connectivity index is 1.89. The van der Waals surface area contributed by atoms with Gasteiger partial charge in [0.15, 0.2) is 0 Å². The van der Waals surface area contributed by atoms with Gasteiger partial charge in [-0.1, -0.05) is 46.4 Å². The van der Waals surface area contributed by atoms with Gasteiger partial charge in [-0.15, -0.1) is 0 Å². The highest BCUT2D eigenvalue weighted by atomic mass is 79.9. The number of nitrogens with two attached hydrogens (primary N) is 1. The highest BCUT2D eigenvalue weighted by Crippen LogP contribution is 2.28. The zero-order chi connectivity index (χ0) is 15.4. The predicted molar refractivity (Wildman–Crippen MR) is 91.6 cm³/mol. The fourth-order valence-electron chi connectivity index (χ4n) is 3.07. The minimum absolute atomic E-state index is 0.0752. The SMILES string of the molecule is CN(CCC(N)c1ccc(Br)cc1Cl)C1CCCCC1O. The van der Waals surface area contributed by atoms with Gasteiger partial charge >= 0.3 is 0 Å². The van der Waals surface area contributed by atoms with E-state index < -0.39 is 0 Å². The van der Waals surface area contributed by atoms with E-state index in [1.54, 1.807) is 0 Å². The third-order valence-corrected chi connectivity index (χ3v) is 5.24. The second kappa shape index (κ2) is 7.93. The van der Waals surface area contributed by atoms with E-state index in [-0.39, 0.29) is 18.2 Å². The Morgan fingerprint density at radius 3 is 2.81 bits per heavy atom. The molecule has 1 aromatic rings. The molecule has 0 saturated heterocycles. The molecule has 3 N–H and O–H groups in total. The number of hydrogen-bond acceptors (Lipinski definition) is 3. The lowest BCUT2D eigenvalue weighted by molar-refractivity contribution is 0.0311. The summed E-state index contributed by atoms with van der Waals surface area (Å²) in [6, 6.07) is 6.02. The van der Waals surface area contributed by atoms with Gasteiger partial charge in [-0.05, 0) is 44.0 Å². The number of likely N-dealkylation sites (N-methyl/N-ethyl adjacent to an activating group) is 1. The second-order valence-corrected chi connectivity index (χ2v) is 7.28. The molecule has 3 atom stereocenters. The van der Waals surface area contributed by atoms with Crippen LogP contribution in [-0.2, 0) is 0 Å². The molecule has 1 aromatic carbocycles. The molecular weight excluding hydrogens is 352 g/mol. The topological polar surface area (TPSA) is 49.5 Å². The zero-order valence-corrected chi connectivity index (χ0v) is 14.8. The number of aliphatic hydroxyl groups is 1. The van der Waals surface area contributed by atoms with E-state index >= 15 is 0 Å². The molecule has 1 fully saturated rings. The van der Waals surface area contributed by atoms with Gasteiger partial charge in [-0.2, -0.15) is 0 Å². The van der Waals surface area contributed by atoms with Crippen molar-refractivity contribution in [1.82, 2.24) is 4.90 Å². The molecule has 1 saturated carbocycles. The number of hydrogen-bond donors (Lipinski definition) is 2. The van der Waals surface area contributed by atoms with Crippen LogP contribution in [0.4, 0.5) is 0 Å². The molecule has 2 rings (SSSR count). The van der Waals surface area contributed by atoms with Crippen LogP contribution in [0.3, 0.4) is 0 Å². The summed E-state index contributed by atoms with van der Waals surface area (Å²) < 4.78 is 0.964. The summed E-state index contributed by atoms with van der Waals surface area (Å²) in [4.78, 5) is 2.25. The predicted octanol–water partition coefficient (Wildman–Crippen LogP) is 3.73. The minimum atomic E-state index is -0.198. The third-order valence-electron chi connectivity index (χ3n) is 4.41. The summed E-state index contributed by atoms with van der Waals surface area (Å²) in [6.07, 6.45) is 4.97. The first-order chi connectivity index (χ1) is 9.99. The van der Waals surface area contributed by atoms with Gasteiger partial charge in [-0.25, -0.2) is 0 Å². The molecule has 21 heavy (non-hydrogen) atoms. The highest BCUT2D eigenvalue weighted by molar-refractivity contribution is 9.10. The van der Waals surface area contributed by atoms with E-state index in [4.69, 9.17) is 17.3 Å². The van der Waals surface area contributed by atoms with Gasteiger partial charge in [0.2, 0.25) is 0 Å². The lowest BCUT2D eigenvalue weighted by Crippen LogP contribution is -2.44. The smallest absolute Gasteiger partial charge is 0.0695 e. The number of rotatable bonds is 5. The lowest BCUT2D eigenvalue weighted by Gasteiger charge is -2.35. The van der Waals surface area contributed by atoms with Gasteiger partial charge in [0.05, 0.1) is 6.10 Å². The summed E-state index contributed by atoms with van der Waals surface area (Å²) in [5.41, 5.74) is 7.25. The maximum atomic E-state index is 10.1. The average Bonchev–Trinajstić information content (AvgIpc) is 2.45. The van der Waals surface area contributed by atoms with Crippen LogP contribution >= 0.6 is 27.5 Å². The Morgan fingerprint density at radius 2 is 2.14 bits per heavy atom. The average molecular weight is 376 g/mol. The Morgan fingerprint density at radius 1 is 1.43 bits per heavy atom. The Bertz CT molecular complexity index is 472. The maximum absolute atomic E-state index is 10.1. The minimum Gasteiger partial charge on any atom is -0.391 e.